The van der Waals surface area contributed by atoms with E-state index in [2.05, 4.69) is 9.47 Å². The second kappa shape index (κ2) is 5.48. The van der Waals surface area contributed by atoms with Crippen molar-refractivity contribution < 1.29 is 29.3 Å². The predicted molar refractivity (Wildman–Crippen MR) is 35.4 cm³/mol. The molecule has 0 aliphatic rings. The highest BCUT2D eigenvalue weighted by Gasteiger charge is 2.33. The summed E-state index contributed by atoms with van der Waals surface area (Å²) in [5, 5.41) is 33.4. The fourth-order valence-corrected chi connectivity index (χ4v) is 0.469. The minimum absolute atomic E-state index is 0.936. The third kappa shape index (κ3) is 3.06. The number of aliphatic hydroxyl groups excluding tert-OH is 2. The summed E-state index contributed by atoms with van der Waals surface area (Å²) in [6.45, 7) is 0. The lowest BCUT2D eigenvalue weighted by molar-refractivity contribution is -0.165. The number of carbonyl (C=O) groups is 2. The van der Waals surface area contributed by atoms with Crippen molar-refractivity contribution in [1.29, 1.82) is 10.5 Å². The van der Waals surface area contributed by atoms with E-state index in [-0.39, 0.29) is 0 Å². The quantitative estimate of drug-likeness (QED) is 0.384. The summed E-state index contributed by atoms with van der Waals surface area (Å²) in [5.74, 6) is -3.04. The molecule has 0 aliphatic heterocycles. The van der Waals surface area contributed by atoms with Crippen LogP contribution in [0.4, 0.5) is 0 Å². The first-order valence-corrected chi connectivity index (χ1v) is 3.10. The van der Waals surface area contributed by atoms with Crippen LogP contribution in [0.5, 0.6) is 0 Å². The molecule has 0 spiro atoms. The first-order chi connectivity index (χ1) is 6.54. The zero-order valence-electron chi connectivity index (χ0n) is 6.58. The van der Waals surface area contributed by atoms with E-state index in [1.807, 2.05) is 0 Å². The normalized spacial score (nSPS) is 12.9. The molecular formula is C6H4N2O6. The molecule has 0 aliphatic carbocycles. The number of esters is 2. The third-order valence-corrected chi connectivity index (χ3v) is 1.07. The van der Waals surface area contributed by atoms with Crippen molar-refractivity contribution in [3.05, 3.63) is 0 Å². The molecule has 2 atom stereocenters. The lowest BCUT2D eigenvalue weighted by Crippen LogP contribution is -2.40. The minimum Gasteiger partial charge on any atom is -0.379 e. The standard InChI is InChI=1S/C6H4N2O6/c7-1-13-5(11)3(9)4(10)6(12)14-2-8/h3-4,9-10H. The summed E-state index contributed by atoms with van der Waals surface area (Å²) in [5.41, 5.74) is 0. The Labute approximate surface area is 77.5 Å². The Morgan fingerprint density at radius 3 is 1.50 bits per heavy atom. The van der Waals surface area contributed by atoms with Gasteiger partial charge < -0.3 is 19.7 Å². The van der Waals surface area contributed by atoms with E-state index in [1.165, 1.54) is 0 Å². The molecular weight excluding hydrogens is 196 g/mol. The molecule has 0 amide bonds. The zero-order chi connectivity index (χ0) is 11.1. The molecule has 74 valence electrons. The van der Waals surface area contributed by atoms with Gasteiger partial charge in [-0.3, -0.25) is 0 Å². The van der Waals surface area contributed by atoms with Crippen LogP contribution in [0, 0.1) is 23.0 Å². The third-order valence-electron chi connectivity index (χ3n) is 1.07. The van der Waals surface area contributed by atoms with Gasteiger partial charge in [0.15, 0.2) is 12.2 Å². The van der Waals surface area contributed by atoms with Gasteiger partial charge >= 0.3 is 11.9 Å². The summed E-state index contributed by atoms with van der Waals surface area (Å²) in [6, 6.07) is 0. The number of carbonyl (C=O) groups excluding carboxylic acids is 2. The molecule has 14 heavy (non-hydrogen) atoms. The predicted octanol–water partition coefficient (Wildman–Crippen LogP) is -2.24. The molecule has 0 aromatic carbocycles. The largest absolute Gasteiger partial charge is 0.379 e. The van der Waals surface area contributed by atoms with Crippen molar-refractivity contribution in [3.63, 3.8) is 0 Å². The molecule has 0 saturated carbocycles. The molecule has 0 fully saturated rings. The summed E-state index contributed by atoms with van der Waals surface area (Å²) in [4.78, 5) is 21.1. The molecule has 0 saturated heterocycles. The van der Waals surface area contributed by atoms with E-state index in [4.69, 9.17) is 20.7 Å². The van der Waals surface area contributed by atoms with Crippen LogP contribution >= 0.6 is 0 Å². The molecule has 0 heterocycles. The van der Waals surface area contributed by atoms with E-state index in [9.17, 15) is 9.59 Å². The average molecular weight is 200 g/mol. The molecule has 0 aromatic rings. The van der Waals surface area contributed by atoms with Crippen LogP contribution in [0.2, 0.25) is 0 Å². The molecule has 2 N–H and O–H groups in total. The Hall–Kier alpha value is -2.16. The Morgan fingerprint density at radius 1 is 1.00 bits per heavy atom. The lowest BCUT2D eigenvalue weighted by atomic mass is 10.2. The van der Waals surface area contributed by atoms with Crippen molar-refractivity contribution in [2.75, 3.05) is 0 Å². The SMILES string of the molecule is N#COC(=O)C(O)C(O)C(=O)OC#N. The van der Waals surface area contributed by atoms with Gasteiger partial charge in [-0.15, -0.1) is 10.5 Å². The summed E-state index contributed by atoms with van der Waals surface area (Å²) < 4.78 is 7.24. The van der Waals surface area contributed by atoms with E-state index >= 15 is 0 Å². The van der Waals surface area contributed by atoms with Crippen molar-refractivity contribution in [1.82, 2.24) is 0 Å². The van der Waals surface area contributed by atoms with Crippen molar-refractivity contribution in [2.45, 2.75) is 12.2 Å². The number of nitriles is 2. The first-order valence-electron chi connectivity index (χ1n) is 3.10. The second-order valence-corrected chi connectivity index (χ2v) is 1.91. The topological polar surface area (TPSA) is 141 Å². The number of ether oxygens (including phenoxy) is 2. The monoisotopic (exact) mass is 200 g/mol. The summed E-state index contributed by atoms with van der Waals surface area (Å²) >= 11 is 0. The number of hydrogen-bond acceptors (Lipinski definition) is 8. The van der Waals surface area contributed by atoms with Gasteiger partial charge in [0.2, 0.25) is 0 Å². The van der Waals surface area contributed by atoms with Crippen molar-refractivity contribution in [2.24, 2.45) is 0 Å². The highest BCUT2D eigenvalue weighted by Crippen LogP contribution is 1.98. The van der Waals surface area contributed by atoms with Crippen LogP contribution in [-0.4, -0.2) is 34.4 Å². The molecule has 8 heteroatoms. The van der Waals surface area contributed by atoms with Gasteiger partial charge in [-0.25, -0.2) is 9.59 Å². The van der Waals surface area contributed by atoms with Crippen molar-refractivity contribution >= 4 is 11.9 Å². The molecule has 8 nitrogen and oxygen atoms in total. The molecule has 0 rings (SSSR count). The Morgan fingerprint density at radius 2 is 1.29 bits per heavy atom. The van der Waals surface area contributed by atoms with Crippen LogP contribution in [0.25, 0.3) is 0 Å². The maximum atomic E-state index is 10.5. The summed E-state index contributed by atoms with van der Waals surface area (Å²) in [7, 11) is 0. The first kappa shape index (κ1) is 11.8. The highest BCUT2D eigenvalue weighted by atomic mass is 16.6. The fourth-order valence-electron chi connectivity index (χ4n) is 0.469. The van der Waals surface area contributed by atoms with Crippen LogP contribution in [-0.2, 0) is 19.1 Å². The van der Waals surface area contributed by atoms with Gasteiger partial charge in [0.25, 0.3) is 12.5 Å². The van der Waals surface area contributed by atoms with Gasteiger partial charge in [0.05, 0.1) is 0 Å². The maximum absolute atomic E-state index is 10.5. The van der Waals surface area contributed by atoms with Crippen LogP contribution in [0.15, 0.2) is 0 Å². The van der Waals surface area contributed by atoms with Gasteiger partial charge in [-0.1, -0.05) is 0 Å². The summed E-state index contributed by atoms with van der Waals surface area (Å²) in [6.07, 6.45) is -2.66. The molecule has 2 unspecified atom stereocenters. The second-order valence-electron chi connectivity index (χ2n) is 1.91. The highest BCUT2D eigenvalue weighted by molar-refractivity contribution is 5.85. The van der Waals surface area contributed by atoms with Gasteiger partial charge in [-0.2, -0.15) is 0 Å². The van der Waals surface area contributed by atoms with E-state index in [1.54, 1.807) is 0 Å². The number of aliphatic hydroxyl groups is 2. The smallest absolute Gasteiger partial charge is 0.353 e. The van der Waals surface area contributed by atoms with E-state index in [0.717, 1.165) is 12.5 Å². The Balaban J connectivity index is 4.33. The maximum Gasteiger partial charge on any atom is 0.353 e. The number of hydrogen-bond donors (Lipinski definition) is 2. The lowest BCUT2D eigenvalue weighted by Gasteiger charge is -2.10. The van der Waals surface area contributed by atoms with Crippen LogP contribution < -0.4 is 0 Å². The molecule has 0 bridgehead atoms. The van der Waals surface area contributed by atoms with Crippen LogP contribution in [0.1, 0.15) is 0 Å². The fraction of sp³-hybridized carbons (Fsp3) is 0.333. The van der Waals surface area contributed by atoms with Crippen LogP contribution in [0.3, 0.4) is 0 Å². The van der Waals surface area contributed by atoms with Gasteiger partial charge in [-0.05, 0) is 0 Å². The Kier molecular flexibility index (Phi) is 4.63. The van der Waals surface area contributed by atoms with E-state index in [0.29, 0.717) is 0 Å². The number of nitrogens with zero attached hydrogens (tertiary/aromatic N) is 2. The minimum atomic E-state index is -2.27. The molecule has 0 aromatic heterocycles. The molecule has 0 radical (unpaired) electrons. The van der Waals surface area contributed by atoms with Crippen molar-refractivity contribution in [3.8, 4) is 12.5 Å². The zero-order valence-corrected chi connectivity index (χ0v) is 6.58. The average Bonchev–Trinajstić information content (AvgIpc) is 2.16. The van der Waals surface area contributed by atoms with Gasteiger partial charge in [0, 0.05) is 0 Å². The number of rotatable bonds is 3. The van der Waals surface area contributed by atoms with Gasteiger partial charge in [0.1, 0.15) is 0 Å². The Bertz CT molecular complexity index is 281. The van der Waals surface area contributed by atoms with E-state index < -0.39 is 24.1 Å².